The molecule has 0 spiro atoms. The highest BCUT2D eigenvalue weighted by atomic mass is 16.5. The normalized spacial score (nSPS) is 17.9. The number of nitrogens with zero attached hydrogens (tertiary/aromatic N) is 2. The van der Waals surface area contributed by atoms with Gasteiger partial charge in [0.15, 0.2) is 0 Å². The third-order valence-electron chi connectivity index (χ3n) is 3.90. The maximum Gasteiger partial charge on any atom is 0.106 e. The van der Waals surface area contributed by atoms with Gasteiger partial charge in [-0.3, -0.25) is 0 Å². The minimum Gasteiger partial charge on any atom is -0.396 e. The molecule has 0 unspecified atom stereocenters. The summed E-state index contributed by atoms with van der Waals surface area (Å²) < 4.78 is 7.32. The molecule has 4 heteroatoms. The number of hydrogen-bond donors (Lipinski definition) is 1. The molecule has 3 rings (SSSR count). The molecule has 1 aliphatic rings. The second kappa shape index (κ2) is 4.07. The Morgan fingerprint density at radius 2 is 2.22 bits per heavy atom. The van der Waals surface area contributed by atoms with Gasteiger partial charge in [0.2, 0.25) is 0 Å². The molecule has 0 radical (unpaired) electrons. The lowest BCUT2D eigenvalue weighted by atomic mass is 9.80. The highest BCUT2D eigenvalue weighted by molar-refractivity contribution is 5.76. The van der Waals surface area contributed by atoms with E-state index in [0.717, 1.165) is 23.3 Å². The third kappa shape index (κ3) is 1.72. The van der Waals surface area contributed by atoms with Crippen LogP contribution in [0.1, 0.15) is 11.4 Å². The standard InChI is InChI=1S/C14H18N2O2/c1-10-15-12-5-11(3-4-13(12)16(10)2)6-14(7-17)8-18-9-14/h3-5,17H,6-9H2,1-2H3. The maximum atomic E-state index is 9.46. The quantitative estimate of drug-likeness (QED) is 0.891. The lowest BCUT2D eigenvalue weighted by Gasteiger charge is -2.40. The summed E-state index contributed by atoms with van der Waals surface area (Å²) >= 11 is 0. The predicted molar refractivity (Wildman–Crippen MR) is 69.5 cm³/mol. The number of rotatable bonds is 3. The van der Waals surface area contributed by atoms with E-state index in [4.69, 9.17) is 4.74 Å². The van der Waals surface area contributed by atoms with Crippen LogP contribution in [-0.4, -0.2) is 34.5 Å². The largest absolute Gasteiger partial charge is 0.396 e. The zero-order valence-corrected chi connectivity index (χ0v) is 10.8. The Morgan fingerprint density at radius 1 is 1.44 bits per heavy atom. The molecule has 18 heavy (non-hydrogen) atoms. The molecule has 4 nitrogen and oxygen atoms in total. The van der Waals surface area contributed by atoms with Crippen LogP contribution in [0, 0.1) is 12.3 Å². The van der Waals surface area contributed by atoms with Crippen molar-refractivity contribution in [1.29, 1.82) is 0 Å². The zero-order chi connectivity index (χ0) is 12.8. The summed E-state index contributed by atoms with van der Waals surface area (Å²) in [6.45, 7) is 3.51. The fraction of sp³-hybridized carbons (Fsp3) is 0.500. The van der Waals surface area contributed by atoms with E-state index in [1.165, 1.54) is 5.56 Å². The summed E-state index contributed by atoms with van der Waals surface area (Å²) in [5.41, 5.74) is 3.33. The Morgan fingerprint density at radius 3 is 2.83 bits per heavy atom. The van der Waals surface area contributed by atoms with E-state index < -0.39 is 0 Å². The molecule has 0 bridgehead atoms. The van der Waals surface area contributed by atoms with Crippen LogP contribution < -0.4 is 0 Å². The van der Waals surface area contributed by atoms with Gasteiger partial charge in [-0.15, -0.1) is 0 Å². The zero-order valence-electron chi connectivity index (χ0n) is 10.8. The molecule has 1 fully saturated rings. The van der Waals surface area contributed by atoms with Crippen LogP contribution in [0.15, 0.2) is 18.2 Å². The fourth-order valence-electron chi connectivity index (χ4n) is 2.55. The summed E-state index contributed by atoms with van der Waals surface area (Å²) in [5, 5.41) is 9.46. The Kier molecular flexibility index (Phi) is 2.64. The number of aryl methyl sites for hydroxylation is 2. The SMILES string of the molecule is Cc1nc2cc(CC3(CO)COC3)ccc2n1C. The summed E-state index contributed by atoms with van der Waals surface area (Å²) in [6, 6.07) is 6.35. The first-order valence-electron chi connectivity index (χ1n) is 6.24. The number of aliphatic hydroxyl groups excluding tert-OH is 1. The first kappa shape index (κ1) is 11.7. The first-order chi connectivity index (χ1) is 8.63. The highest BCUT2D eigenvalue weighted by Gasteiger charge is 2.38. The van der Waals surface area contributed by atoms with Gasteiger partial charge in [-0.25, -0.2) is 4.98 Å². The van der Waals surface area contributed by atoms with E-state index >= 15 is 0 Å². The number of hydrogen-bond acceptors (Lipinski definition) is 3. The van der Waals surface area contributed by atoms with E-state index in [1.807, 2.05) is 14.0 Å². The molecular weight excluding hydrogens is 228 g/mol. The molecule has 2 heterocycles. The second-order valence-electron chi connectivity index (χ2n) is 5.37. The van der Waals surface area contributed by atoms with Crippen LogP contribution >= 0.6 is 0 Å². The van der Waals surface area contributed by atoms with Crippen LogP contribution in [0.4, 0.5) is 0 Å². The molecule has 1 aliphatic heterocycles. The van der Waals surface area contributed by atoms with Gasteiger partial charge in [-0.05, 0) is 31.0 Å². The smallest absolute Gasteiger partial charge is 0.106 e. The van der Waals surface area contributed by atoms with E-state index in [-0.39, 0.29) is 12.0 Å². The van der Waals surface area contributed by atoms with Crippen LogP contribution in [-0.2, 0) is 18.2 Å². The van der Waals surface area contributed by atoms with Crippen LogP contribution in [0.25, 0.3) is 11.0 Å². The Labute approximate surface area is 106 Å². The Hall–Kier alpha value is -1.39. The topological polar surface area (TPSA) is 47.3 Å². The molecule has 1 N–H and O–H groups in total. The van der Waals surface area contributed by atoms with E-state index in [2.05, 4.69) is 27.8 Å². The lowest BCUT2D eigenvalue weighted by molar-refractivity contribution is -0.135. The van der Waals surface area contributed by atoms with Gasteiger partial charge in [-0.1, -0.05) is 6.07 Å². The minimum atomic E-state index is -0.0719. The molecule has 0 atom stereocenters. The van der Waals surface area contributed by atoms with E-state index in [9.17, 15) is 5.11 Å². The van der Waals surface area contributed by atoms with Crippen molar-refractivity contribution in [3.8, 4) is 0 Å². The summed E-state index contributed by atoms with van der Waals surface area (Å²) in [7, 11) is 2.03. The Balaban J connectivity index is 1.94. The minimum absolute atomic E-state index is 0.0719. The molecule has 1 saturated heterocycles. The maximum absolute atomic E-state index is 9.46. The van der Waals surface area contributed by atoms with Crippen molar-refractivity contribution in [3.05, 3.63) is 29.6 Å². The second-order valence-corrected chi connectivity index (χ2v) is 5.37. The van der Waals surface area contributed by atoms with Gasteiger partial charge in [0.25, 0.3) is 0 Å². The van der Waals surface area contributed by atoms with Crippen LogP contribution in [0.3, 0.4) is 0 Å². The monoisotopic (exact) mass is 246 g/mol. The van der Waals surface area contributed by atoms with Gasteiger partial charge in [0, 0.05) is 12.5 Å². The predicted octanol–water partition coefficient (Wildman–Crippen LogP) is 1.43. The molecule has 0 aliphatic carbocycles. The molecule has 1 aromatic heterocycles. The molecule has 0 saturated carbocycles. The molecule has 96 valence electrons. The first-order valence-corrected chi connectivity index (χ1v) is 6.24. The van der Waals surface area contributed by atoms with Gasteiger partial charge >= 0.3 is 0 Å². The van der Waals surface area contributed by atoms with Gasteiger partial charge < -0.3 is 14.4 Å². The third-order valence-corrected chi connectivity index (χ3v) is 3.90. The molecular formula is C14H18N2O2. The lowest BCUT2D eigenvalue weighted by Crippen LogP contribution is -2.47. The van der Waals surface area contributed by atoms with E-state index in [0.29, 0.717) is 13.2 Å². The number of imidazole rings is 1. The molecule has 2 aromatic rings. The van der Waals surface area contributed by atoms with Crippen molar-refractivity contribution in [3.63, 3.8) is 0 Å². The Bertz CT molecular complexity index is 579. The number of fused-ring (bicyclic) bond motifs is 1. The number of ether oxygens (including phenoxy) is 1. The van der Waals surface area contributed by atoms with Crippen LogP contribution in [0.5, 0.6) is 0 Å². The van der Waals surface area contributed by atoms with Crippen molar-refractivity contribution in [1.82, 2.24) is 9.55 Å². The summed E-state index contributed by atoms with van der Waals surface area (Å²) in [4.78, 5) is 4.54. The van der Waals surface area contributed by atoms with Crippen LogP contribution in [0.2, 0.25) is 0 Å². The summed E-state index contributed by atoms with van der Waals surface area (Å²) in [5.74, 6) is 1.02. The van der Waals surface area contributed by atoms with Crippen molar-refractivity contribution in [2.24, 2.45) is 12.5 Å². The summed E-state index contributed by atoms with van der Waals surface area (Å²) in [6.07, 6.45) is 0.856. The number of aliphatic hydroxyl groups is 1. The van der Waals surface area contributed by atoms with E-state index in [1.54, 1.807) is 0 Å². The highest BCUT2D eigenvalue weighted by Crippen LogP contribution is 2.32. The van der Waals surface area contributed by atoms with Crippen molar-refractivity contribution in [2.75, 3.05) is 19.8 Å². The van der Waals surface area contributed by atoms with Crippen molar-refractivity contribution >= 4 is 11.0 Å². The van der Waals surface area contributed by atoms with Crippen molar-refractivity contribution in [2.45, 2.75) is 13.3 Å². The number of aromatic nitrogens is 2. The van der Waals surface area contributed by atoms with Gasteiger partial charge in [-0.2, -0.15) is 0 Å². The molecule has 0 amide bonds. The van der Waals surface area contributed by atoms with Gasteiger partial charge in [0.1, 0.15) is 5.82 Å². The number of benzene rings is 1. The van der Waals surface area contributed by atoms with Gasteiger partial charge in [0.05, 0.1) is 30.9 Å². The molecule has 1 aromatic carbocycles. The fourth-order valence-corrected chi connectivity index (χ4v) is 2.55. The van der Waals surface area contributed by atoms with Crippen molar-refractivity contribution < 1.29 is 9.84 Å². The average Bonchev–Trinajstić information content (AvgIpc) is 2.60. The average molecular weight is 246 g/mol.